The number of carbonyl (C=O) groups is 2. The number of anilines is 1. The van der Waals surface area contributed by atoms with Crippen molar-refractivity contribution in [2.24, 2.45) is 5.92 Å². The van der Waals surface area contributed by atoms with Crippen LogP contribution in [0.1, 0.15) is 66.4 Å². The molecule has 32 heavy (non-hydrogen) atoms. The topological polar surface area (TPSA) is 75.2 Å². The molecule has 1 aromatic carbocycles. The summed E-state index contributed by atoms with van der Waals surface area (Å²) < 4.78 is 14.1. The molecule has 0 radical (unpaired) electrons. The van der Waals surface area contributed by atoms with Gasteiger partial charge in [0.25, 0.3) is 5.91 Å². The molecule has 9 heteroatoms. The molecule has 3 heterocycles. The van der Waals surface area contributed by atoms with E-state index in [2.05, 4.69) is 15.3 Å². The third kappa shape index (κ3) is 4.54. The van der Waals surface area contributed by atoms with Gasteiger partial charge in [0.1, 0.15) is 11.5 Å². The minimum atomic E-state index is -0.324. The minimum Gasteiger partial charge on any atom is -0.342 e. The predicted octanol–water partition coefficient (Wildman–Crippen LogP) is 5.43. The van der Waals surface area contributed by atoms with E-state index in [0.29, 0.717) is 26.9 Å². The fourth-order valence-electron chi connectivity index (χ4n) is 4.65. The summed E-state index contributed by atoms with van der Waals surface area (Å²) >= 11 is 2.74. The molecule has 1 N–H and O–H groups in total. The van der Waals surface area contributed by atoms with E-state index in [1.54, 1.807) is 11.4 Å². The van der Waals surface area contributed by atoms with Crippen LogP contribution >= 0.6 is 22.7 Å². The van der Waals surface area contributed by atoms with Gasteiger partial charge in [0, 0.05) is 30.3 Å². The Morgan fingerprint density at radius 2 is 1.84 bits per heavy atom. The molecule has 2 fully saturated rings. The average molecular weight is 473 g/mol. The number of halogens is 1. The van der Waals surface area contributed by atoms with Crippen LogP contribution in [0.5, 0.6) is 0 Å². The van der Waals surface area contributed by atoms with Crippen LogP contribution in [0.15, 0.2) is 23.6 Å². The van der Waals surface area contributed by atoms with Crippen molar-refractivity contribution in [2.45, 2.75) is 50.9 Å². The first kappa shape index (κ1) is 21.5. The molecule has 1 saturated heterocycles. The number of thiazole rings is 2. The van der Waals surface area contributed by atoms with Gasteiger partial charge in [-0.2, -0.15) is 0 Å². The third-order valence-electron chi connectivity index (χ3n) is 6.44. The molecule has 5 rings (SSSR count). The standard InChI is InChI=1S/C23H25FN4O2S2/c24-16-6-7-17-19(12-16)32-23(26-17)27-20(29)18-13-31-21(25-18)14-8-10-28(11-9-14)22(30)15-4-2-1-3-5-15/h6-7,12-15H,1-5,8-11H2,(H,26,27,29). The van der Waals surface area contributed by atoms with Crippen LogP contribution in [0.25, 0.3) is 10.2 Å². The average Bonchev–Trinajstić information content (AvgIpc) is 3.46. The maximum absolute atomic E-state index is 13.4. The first-order chi connectivity index (χ1) is 15.6. The zero-order chi connectivity index (χ0) is 22.1. The van der Waals surface area contributed by atoms with Crippen molar-refractivity contribution in [3.05, 3.63) is 40.1 Å². The Morgan fingerprint density at radius 1 is 1.06 bits per heavy atom. The maximum Gasteiger partial charge on any atom is 0.276 e. The Morgan fingerprint density at radius 3 is 2.62 bits per heavy atom. The van der Waals surface area contributed by atoms with E-state index < -0.39 is 0 Å². The predicted molar refractivity (Wildman–Crippen MR) is 125 cm³/mol. The van der Waals surface area contributed by atoms with Crippen LogP contribution in [0, 0.1) is 11.7 Å². The van der Waals surface area contributed by atoms with Crippen molar-refractivity contribution in [3.63, 3.8) is 0 Å². The molecule has 2 aromatic heterocycles. The summed E-state index contributed by atoms with van der Waals surface area (Å²) in [6.45, 7) is 1.53. The Bertz CT molecular complexity index is 1130. The molecule has 168 valence electrons. The van der Waals surface area contributed by atoms with Gasteiger partial charge in [-0.3, -0.25) is 14.9 Å². The number of rotatable bonds is 4. The van der Waals surface area contributed by atoms with Crippen molar-refractivity contribution >= 4 is 49.8 Å². The van der Waals surface area contributed by atoms with Crippen LogP contribution in [0.3, 0.4) is 0 Å². The van der Waals surface area contributed by atoms with Crippen LogP contribution < -0.4 is 5.32 Å². The molecule has 1 aliphatic heterocycles. The summed E-state index contributed by atoms with van der Waals surface area (Å²) in [5.74, 6) is 0.196. The lowest BCUT2D eigenvalue weighted by Crippen LogP contribution is -2.41. The van der Waals surface area contributed by atoms with Gasteiger partial charge in [0.05, 0.1) is 15.2 Å². The second-order valence-electron chi connectivity index (χ2n) is 8.59. The summed E-state index contributed by atoms with van der Waals surface area (Å²) in [6.07, 6.45) is 7.44. The lowest BCUT2D eigenvalue weighted by molar-refractivity contribution is -0.137. The molecule has 6 nitrogen and oxygen atoms in total. The first-order valence-corrected chi connectivity index (χ1v) is 12.9. The molecular formula is C23H25FN4O2S2. The van der Waals surface area contributed by atoms with Crippen LogP contribution in [-0.2, 0) is 4.79 Å². The van der Waals surface area contributed by atoms with Gasteiger partial charge in [-0.15, -0.1) is 11.3 Å². The van der Waals surface area contributed by atoms with Gasteiger partial charge in [-0.1, -0.05) is 30.6 Å². The summed E-state index contributed by atoms with van der Waals surface area (Å²) in [6, 6.07) is 4.37. The van der Waals surface area contributed by atoms with Gasteiger partial charge < -0.3 is 4.90 Å². The number of fused-ring (bicyclic) bond motifs is 1. The monoisotopic (exact) mass is 472 g/mol. The van der Waals surface area contributed by atoms with Crippen molar-refractivity contribution in [1.29, 1.82) is 0 Å². The lowest BCUT2D eigenvalue weighted by Gasteiger charge is -2.34. The number of hydrogen-bond acceptors (Lipinski definition) is 6. The highest BCUT2D eigenvalue weighted by Gasteiger charge is 2.30. The smallest absolute Gasteiger partial charge is 0.276 e. The molecule has 0 unspecified atom stereocenters. The summed E-state index contributed by atoms with van der Waals surface area (Å²) in [4.78, 5) is 36.4. The van der Waals surface area contributed by atoms with E-state index >= 15 is 0 Å². The number of benzene rings is 1. The fourth-order valence-corrected chi connectivity index (χ4v) is 6.50. The highest BCUT2D eigenvalue weighted by molar-refractivity contribution is 7.22. The van der Waals surface area contributed by atoms with E-state index in [1.807, 2.05) is 4.90 Å². The van der Waals surface area contributed by atoms with Crippen molar-refractivity contribution in [1.82, 2.24) is 14.9 Å². The molecule has 1 saturated carbocycles. The number of nitrogens with one attached hydrogen (secondary N) is 1. The van der Waals surface area contributed by atoms with E-state index in [-0.39, 0.29) is 23.6 Å². The quantitative estimate of drug-likeness (QED) is 0.549. The van der Waals surface area contributed by atoms with Gasteiger partial charge in [-0.05, 0) is 43.9 Å². The maximum atomic E-state index is 13.4. The number of likely N-dealkylation sites (tertiary alicyclic amines) is 1. The Labute approximate surface area is 193 Å². The zero-order valence-corrected chi connectivity index (χ0v) is 19.3. The highest BCUT2D eigenvalue weighted by Crippen LogP contribution is 2.33. The normalized spacial score (nSPS) is 18.2. The van der Waals surface area contributed by atoms with E-state index in [0.717, 1.165) is 43.8 Å². The summed E-state index contributed by atoms with van der Waals surface area (Å²) in [5, 5.41) is 5.93. The van der Waals surface area contributed by atoms with E-state index in [1.165, 1.54) is 54.1 Å². The number of hydrogen-bond donors (Lipinski definition) is 1. The Balaban J connectivity index is 1.18. The van der Waals surface area contributed by atoms with Crippen LogP contribution in [0.4, 0.5) is 9.52 Å². The number of carbonyl (C=O) groups excluding carboxylic acids is 2. The minimum absolute atomic E-state index is 0.217. The molecular weight excluding hydrogens is 447 g/mol. The molecule has 2 amide bonds. The summed E-state index contributed by atoms with van der Waals surface area (Å²) in [5.41, 5.74) is 1.02. The number of amides is 2. The number of piperidine rings is 1. The Kier molecular flexibility index (Phi) is 6.19. The van der Waals surface area contributed by atoms with Crippen molar-refractivity contribution in [3.8, 4) is 0 Å². The van der Waals surface area contributed by atoms with Gasteiger partial charge in [0.2, 0.25) is 5.91 Å². The second-order valence-corrected chi connectivity index (χ2v) is 10.5. The van der Waals surface area contributed by atoms with Crippen molar-refractivity contribution in [2.75, 3.05) is 18.4 Å². The molecule has 0 spiro atoms. The SMILES string of the molecule is O=C(Nc1nc2ccc(F)cc2s1)c1csc(C2CCN(C(=O)C3CCCCC3)CC2)n1. The largest absolute Gasteiger partial charge is 0.342 e. The van der Waals surface area contributed by atoms with Gasteiger partial charge in [-0.25, -0.2) is 14.4 Å². The zero-order valence-electron chi connectivity index (χ0n) is 17.7. The van der Waals surface area contributed by atoms with Gasteiger partial charge in [0.15, 0.2) is 5.13 Å². The van der Waals surface area contributed by atoms with Gasteiger partial charge >= 0.3 is 0 Å². The summed E-state index contributed by atoms with van der Waals surface area (Å²) in [7, 11) is 0. The number of nitrogens with zero attached hydrogens (tertiary/aromatic N) is 3. The van der Waals surface area contributed by atoms with Crippen molar-refractivity contribution < 1.29 is 14.0 Å². The Hall–Kier alpha value is -2.39. The fraction of sp³-hybridized carbons (Fsp3) is 0.478. The number of aromatic nitrogens is 2. The lowest BCUT2D eigenvalue weighted by atomic mass is 9.87. The molecule has 2 aliphatic rings. The first-order valence-electron chi connectivity index (χ1n) is 11.2. The molecule has 1 aliphatic carbocycles. The highest BCUT2D eigenvalue weighted by atomic mass is 32.1. The second kappa shape index (κ2) is 9.23. The van der Waals surface area contributed by atoms with Crippen LogP contribution in [-0.4, -0.2) is 39.8 Å². The molecule has 0 bridgehead atoms. The van der Waals surface area contributed by atoms with E-state index in [4.69, 9.17) is 0 Å². The van der Waals surface area contributed by atoms with Crippen LogP contribution in [0.2, 0.25) is 0 Å². The van der Waals surface area contributed by atoms with E-state index in [9.17, 15) is 14.0 Å². The molecule has 0 atom stereocenters. The third-order valence-corrected chi connectivity index (χ3v) is 8.38. The molecule has 3 aromatic rings.